The van der Waals surface area contributed by atoms with Gasteiger partial charge in [0, 0.05) is 50.0 Å². The van der Waals surface area contributed by atoms with Gasteiger partial charge in [-0.05, 0) is 50.1 Å². The van der Waals surface area contributed by atoms with E-state index in [1.807, 2.05) is 102 Å². The Balaban J connectivity index is 2.37. The molecule has 0 unspecified atom stereocenters. The normalized spacial score (nSPS) is 11.2. The fraction of sp³-hybridized carbons (Fsp3) is 0.440. The van der Waals surface area contributed by atoms with Crippen LogP contribution in [0.2, 0.25) is 0 Å². The molecule has 0 aliphatic rings. The molecule has 2 aromatic carbocycles. The topological polar surface area (TPSA) is 64.7 Å². The van der Waals surface area contributed by atoms with Crippen LogP contribution in [0.1, 0.15) is 45.7 Å². The third-order valence-electron chi connectivity index (χ3n) is 4.70. The van der Waals surface area contributed by atoms with Crippen LogP contribution in [0.3, 0.4) is 0 Å². The van der Waals surface area contributed by atoms with Crippen molar-refractivity contribution in [3.05, 3.63) is 59.7 Å². The van der Waals surface area contributed by atoms with Crippen LogP contribution in [0.5, 0.6) is 0 Å². The molecule has 6 heteroatoms. The number of nitrogens with one attached hydrogen (secondary N) is 2. The molecule has 0 saturated heterocycles. The van der Waals surface area contributed by atoms with Crippen molar-refractivity contribution < 1.29 is 9.59 Å². The lowest BCUT2D eigenvalue weighted by atomic mass is 10.1. The third kappa shape index (κ3) is 7.63. The molecule has 0 fully saturated rings. The van der Waals surface area contributed by atoms with Crippen molar-refractivity contribution >= 4 is 23.3 Å². The first-order valence-corrected chi connectivity index (χ1v) is 10.7. The molecule has 2 rings (SSSR count). The maximum Gasteiger partial charge on any atom is 0.318 e. The van der Waals surface area contributed by atoms with E-state index < -0.39 is 0 Å². The van der Waals surface area contributed by atoms with Crippen LogP contribution in [-0.4, -0.2) is 36.5 Å². The van der Waals surface area contributed by atoms with Crippen molar-refractivity contribution in [1.29, 1.82) is 0 Å². The second-order valence-electron chi connectivity index (χ2n) is 9.40. The van der Waals surface area contributed by atoms with Gasteiger partial charge in [-0.15, -0.1) is 0 Å². The Kier molecular flexibility index (Phi) is 8.08. The van der Waals surface area contributed by atoms with E-state index in [0.717, 1.165) is 22.5 Å². The second kappa shape index (κ2) is 10.3. The highest BCUT2D eigenvalue weighted by Gasteiger charge is 2.22. The maximum absolute atomic E-state index is 13.1. The Bertz CT molecular complexity index is 886. The zero-order valence-corrected chi connectivity index (χ0v) is 19.8. The first-order valence-electron chi connectivity index (χ1n) is 10.7. The maximum atomic E-state index is 13.1. The highest BCUT2D eigenvalue weighted by molar-refractivity contribution is 5.92. The smallest absolute Gasteiger partial charge is 0.318 e. The Hall–Kier alpha value is -3.02. The summed E-state index contributed by atoms with van der Waals surface area (Å²) in [6, 6.07) is 15.7. The molecule has 168 valence electrons. The lowest BCUT2D eigenvalue weighted by Gasteiger charge is -2.30. The predicted molar refractivity (Wildman–Crippen MR) is 128 cm³/mol. The van der Waals surface area contributed by atoms with E-state index in [1.165, 1.54) is 0 Å². The molecule has 2 N–H and O–H groups in total. The van der Waals surface area contributed by atoms with Gasteiger partial charge in [0.25, 0.3) is 0 Å². The summed E-state index contributed by atoms with van der Waals surface area (Å²) in [5.41, 5.74) is 3.41. The molecule has 6 nitrogen and oxygen atoms in total. The highest BCUT2D eigenvalue weighted by Crippen LogP contribution is 2.26. The molecule has 0 bridgehead atoms. The van der Waals surface area contributed by atoms with E-state index in [-0.39, 0.29) is 23.4 Å². The predicted octanol–water partition coefficient (Wildman–Crippen LogP) is 4.86. The Morgan fingerprint density at radius 2 is 1.61 bits per heavy atom. The number of carbonyl (C=O) groups excluding carboxylic acids is 2. The van der Waals surface area contributed by atoms with Crippen LogP contribution in [0.4, 0.5) is 16.2 Å². The molecule has 2 aromatic rings. The molecular weight excluding hydrogens is 388 g/mol. The fourth-order valence-electron chi connectivity index (χ4n) is 3.12. The van der Waals surface area contributed by atoms with E-state index in [1.54, 1.807) is 4.90 Å². The van der Waals surface area contributed by atoms with E-state index >= 15 is 0 Å². The Morgan fingerprint density at radius 3 is 2.16 bits per heavy atom. The SMILES string of the molecule is CC(C)C(=O)Nc1ccc(N(C)C)c(CN(Cc2ccccc2)C(=O)NC(C)(C)C)c1. The van der Waals surface area contributed by atoms with Crippen LogP contribution in [-0.2, 0) is 17.9 Å². The number of anilines is 2. The van der Waals surface area contributed by atoms with Gasteiger partial charge in [0.1, 0.15) is 0 Å². The van der Waals surface area contributed by atoms with E-state index in [2.05, 4.69) is 10.6 Å². The molecule has 0 radical (unpaired) electrons. The summed E-state index contributed by atoms with van der Waals surface area (Å²) in [7, 11) is 3.95. The summed E-state index contributed by atoms with van der Waals surface area (Å²) >= 11 is 0. The average molecular weight is 425 g/mol. The summed E-state index contributed by atoms with van der Waals surface area (Å²) in [4.78, 5) is 29.1. The molecule has 0 aliphatic carbocycles. The van der Waals surface area contributed by atoms with Crippen molar-refractivity contribution in [3.63, 3.8) is 0 Å². The molecule has 0 atom stereocenters. The number of benzene rings is 2. The van der Waals surface area contributed by atoms with Crippen LogP contribution >= 0.6 is 0 Å². The third-order valence-corrected chi connectivity index (χ3v) is 4.70. The van der Waals surface area contributed by atoms with Crippen LogP contribution < -0.4 is 15.5 Å². The summed E-state index contributed by atoms with van der Waals surface area (Å²) < 4.78 is 0. The molecule has 0 spiro atoms. The molecule has 0 aliphatic heterocycles. The van der Waals surface area contributed by atoms with Gasteiger partial charge in [-0.2, -0.15) is 0 Å². The average Bonchev–Trinajstić information content (AvgIpc) is 2.66. The van der Waals surface area contributed by atoms with Crippen molar-refractivity contribution in [2.24, 2.45) is 5.92 Å². The molecule has 31 heavy (non-hydrogen) atoms. The largest absolute Gasteiger partial charge is 0.377 e. The quantitative estimate of drug-likeness (QED) is 0.667. The van der Waals surface area contributed by atoms with Gasteiger partial charge in [0.2, 0.25) is 5.91 Å². The molecule has 3 amide bonds. The number of urea groups is 1. The van der Waals surface area contributed by atoms with Crippen LogP contribution in [0, 0.1) is 5.92 Å². The monoisotopic (exact) mass is 424 g/mol. The van der Waals surface area contributed by atoms with Crippen molar-refractivity contribution in [2.75, 3.05) is 24.3 Å². The number of carbonyl (C=O) groups is 2. The number of hydrogen-bond donors (Lipinski definition) is 2. The number of amides is 3. The molecular formula is C25H36N4O2. The van der Waals surface area contributed by atoms with Crippen molar-refractivity contribution in [3.8, 4) is 0 Å². The lowest BCUT2D eigenvalue weighted by Crippen LogP contribution is -2.48. The number of rotatable bonds is 7. The minimum Gasteiger partial charge on any atom is -0.377 e. The van der Waals surface area contributed by atoms with Crippen LogP contribution in [0.25, 0.3) is 0 Å². The minimum atomic E-state index is -0.344. The zero-order chi connectivity index (χ0) is 23.2. The van der Waals surface area contributed by atoms with E-state index in [9.17, 15) is 9.59 Å². The van der Waals surface area contributed by atoms with Gasteiger partial charge in [-0.3, -0.25) is 4.79 Å². The second-order valence-corrected chi connectivity index (χ2v) is 9.40. The summed E-state index contributed by atoms with van der Waals surface area (Å²) in [5, 5.41) is 6.04. The minimum absolute atomic E-state index is 0.0322. The van der Waals surface area contributed by atoms with Gasteiger partial charge in [0.15, 0.2) is 0 Å². The first-order chi connectivity index (χ1) is 14.5. The summed E-state index contributed by atoms with van der Waals surface area (Å²) in [6.07, 6.45) is 0. The Labute approximate surface area is 186 Å². The standard InChI is InChI=1S/C25H36N4O2/c1-18(2)23(30)26-21-13-14-22(28(6)7)20(15-21)17-29(24(31)27-25(3,4)5)16-19-11-9-8-10-12-19/h8-15,18H,16-17H2,1-7H3,(H,26,30)(H,27,31). The highest BCUT2D eigenvalue weighted by atomic mass is 16.2. The first kappa shape index (κ1) is 24.3. The van der Waals surface area contributed by atoms with E-state index in [0.29, 0.717) is 13.1 Å². The van der Waals surface area contributed by atoms with Gasteiger partial charge < -0.3 is 20.4 Å². The molecule has 0 saturated carbocycles. The van der Waals surface area contributed by atoms with Gasteiger partial charge in [-0.25, -0.2) is 4.79 Å². The summed E-state index contributed by atoms with van der Waals surface area (Å²) in [5.74, 6) is -0.140. The zero-order valence-electron chi connectivity index (χ0n) is 19.8. The molecule has 0 aromatic heterocycles. The van der Waals surface area contributed by atoms with Crippen molar-refractivity contribution in [2.45, 2.75) is 53.2 Å². The fourth-order valence-corrected chi connectivity index (χ4v) is 3.12. The van der Waals surface area contributed by atoms with Gasteiger partial charge in [-0.1, -0.05) is 44.2 Å². The summed E-state index contributed by atoms with van der Waals surface area (Å²) in [6.45, 7) is 10.5. The van der Waals surface area contributed by atoms with Gasteiger partial charge in [0.05, 0.1) is 0 Å². The van der Waals surface area contributed by atoms with Crippen molar-refractivity contribution in [1.82, 2.24) is 10.2 Å². The lowest BCUT2D eigenvalue weighted by molar-refractivity contribution is -0.118. The van der Waals surface area contributed by atoms with E-state index in [4.69, 9.17) is 0 Å². The van der Waals surface area contributed by atoms with Crippen LogP contribution in [0.15, 0.2) is 48.5 Å². The number of hydrogen-bond acceptors (Lipinski definition) is 3. The molecule has 0 heterocycles. The van der Waals surface area contributed by atoms with Gasteiger partial charge >= 0.3 is 6.03 Å². The number of nitrogens with zero attached hydrogens (tertiary/aromatic N) is 2. The Morgan fingerprint density at radius 1 is 0.968 bits per heavy atom.